The van der Waals surface area contributed by atoms with E-state index in [0.29, 0.717) is 19.8 Å². The van der Waals surface area contributed by atoms with Crippen molar-refractivity contribution in [2.75, 3.05) is 26.4 Å². The van der Waals surface area contributed by atoms with Crippen LogP contribution in [0.5, 0.6) is 0 Å². The van der Waals surface area contributed by atoms with Gasteiger partial charge in [0.1, 0.15) is 5.82 Å². The number of hydrogen-bond donors (Lipinski definition) is 1. The molecule has 1 aliphatic heterocycles. The van der Waals surface area contributed by atoms with E-state index in [1.54, 1.807) is 18.5 Å². The molecule has 1 fully saturated rings. The van der Waals surface area contributed by atoms with Gasteiger partial charge in [-0.05, 0) is 6.07 Å². The minimum atomic E-state index is 0.0718. The van der Waals surface area contributed by atoms with Gasteiger partial charge in [-0.25, -0.2) is 9.97 Å². The monoisotopic (exact) mass is 209 g/mol. The highest BCUT2D eigenvalue weighted by atomic mass is 16.5. The van der Waals surface area contributed by atoms with E-state index >= 15 is 0 Å². The summed E-state index contributed by atoms with van der Waals surface area (Å²) in [5, 5.41) is 9.18. The van der Waals surface area contributed by atoms with Crippen LogP contribution in [0.4, 0.5) is 0 Å². The zero-order valence-corrected chi connectivity index (χ0v) is 8.54. The summed E-state index contributed by atoms with van der Waals surface area (Å²) in [5.41, 5.74) is 0. The number of rotatable bonds is 3. The Kier molecular flexibility index (Phi) is 3.60. The molecular formula is C10H15N3O2. The molecule has 5 heteroatoms. The van der Waals surface area contributed by atoms with Gasteiger partial charge in [-0.3, -0.25) is 4.90 Å². The van der Waals surface area contributed by atoms with E-state index < -0.39 is 0 Å². The van der Waals surface area contributed by atoms with Crippen LogP contribution in [0.15, 0.2) is 18.5 Å². The zero-order valence-electron chi connectivity index (χ0n) is 8.54. The van der Waals surface area contributed by atoms with Crippen molar-refractivity contribution in [2.45, 2.75) is 12.6 Å². The maximum Gasteiger partial charge on any atom is 0.142 e. The van der Waals surface area contributed by atoms with Gasteiger partial charge >= 0.3 is 0 Å². The Hall–Kier alpha value is -1.04. The second-order valence-electron chi connectivity index (χ2n) is 3.55. The van der Waals surface area contributed by atoms with Gasteiger partial charge in [0.25, 0.3) is 0 Å². The molecule has 2 rings (SSSR count). The lowest BCUT2D eigenvalue weighted by Gasteiger charge is -2.33. The maximum absolute atomic E-state index is 9.18. The fourth-order valence-electron chi connectivity index (χ4n) is 1.66. The second-order valence-corrected chi connectivity index (χ2v) is 3.55. The third-order valence-corrected chi connectivity index (χ3v) is 2.52. The Balaban J connectivity index is 1.97. The van der Waals surface area contributed by atoms with E-state index in [2.05, 4.69) is 14.9 Å². The van der Waals surface area contributed by atoms with Gasteiger partial charge < -0.3 is 9.84 Å². The largest absolute Gasteiger partial charge is 0.395 e. The number of aromatic nitrogens is 2. The van der Waals surface area contributed by atoms with Crippen LogP contribution < -0.4 is 0 Å². The molecule has 15 heavy (non-hydrogen) atoms. The summed E-state index contributed by atoms with van der Waals surface area (Å²) in [6, 6.07) is 1.87. The van der Waals surface area contributed by atoms with Crippen molar-refractivity contribution in [2.24, 2.45) is 0 Å². The highest BCUT2D eigenvalue weighted by Crippen LogP contribution is 2.09. The summed E-state index contributed by atoms with van der Waals surface area (Å²) < 4.78 is 5.30. The average molecular weight is 209 g/mol. The van der Waals surface area contributed by atoms with Gasteiger partial charge in [-0.15, -0.1) is 0 Å². The normalized spacial score (nSPS) is 22.9. The van der Waals surface area contributed by atoms with E-state index in [-0.39, 0.29) is 12.6 Å². The van der Waals surface area contributed by atoms with Crippen LogP contribution in [0.1, 0.15) is 5.82 Å². The Morgan fingerprint density at radius 1 is 1.47 bits per heavy atom. The van der Waals surface area contributed by atoms with E-state index in [9.17, 15) is 5.11 Å². The summed E-state index contributed by atoms with van der Waals surface area (Å²) in [6.45, 7) is 2.92. The van der Waals surface area contributed by atoms with Crippen molar-refractivity contribution in [1.29, 1.82) is 0 Å². The predicted molar refractivity (Wildman–Crippen MR) is 54.1 cm³/mol. The molecule has 0 radical (unpaired) electrons. The lowest BCUT2D eigenvalue weighted by molar-refractivity contribution is -0.0322. The summed E-state index contributed by atoms with van der Waals surface area (Å²) in [4.78, 5) is 10.5. The van der Waals surface area contributed by atoms with Gasteiger partial charge in [0, 0.05) is 18.9 Å². The lowest BCUT2D eigenvalue weighted by atomic mass is 10.2. The summed E-state index contributed by atoms with van der Waals surface area (Å²) in [5.74, 6) is 0.790. The van der Waals surface area contributed by atoms with E-state index in [1.807, 2.05) is 0 Å². The first-order chi connectivity index (χ1) is 7.40. The molecule has 0 bridgehead atoms. The SMILES string of the molecule is OCC1COCCN1Cc1ncccn1. The van der Waals surface area contributed by atoms with Crippen molar-refractivity contribution in [3.63, 3.8) is 0 Å². The van der Waals surface area contributed by atoms with Crippen molar-refractivity contribution in [3.05, 3.63) is 24.3 Å². The predicted octanol–water partition coefficient (Wildman–Crippen LogP) is -0.330. The molecule has 0 aromatic carbocycles. The molecule has 0 aliphatic carbocycles. The Morgan fingerprint density at radius 2 is 2.27 bits per heavy atom. The van der Waals surface area contributed by atoms with Crippen LogP contribution in [0, 0.1) is 0 Å². The van der Waals surface area contributed by atoms with E-state index in [0.717, 1.165) is 12.4 Å². The van der Waals surface area contributed by atoms with Crippen molar-refractivity contribution >= 4 is 0 Å². The fourth-order valence-corrected chi connectivity index (χ4v) is 1.66. The first-order valence-corrected chi connectivity index (χ1v) is 5.08. The maximum atomic E-state index is 9.18. The summed E-state index contributed by atoms with van der Waals surface area (Å²) >= 11 is 0. The highest BCUT2D eigenvalue weighted by Gasteiger charge is 2.22. The van der Waals surface area contributed by atoms with Gasteiger partial charge in [-0.1, -0.05) is 0 Å². The zero-order chi connectivity index (χ0) is 10.5. The average Bonchev–Trinajstić information content (AvgIpc) is 2.31. The molecule has 1 unspecified atom stereocenters. The quantitative estimate of drug-likeness (QED) is 0.738. The Bertz CT molecular complexity index is 294. The minimum Gasteiger partial charge on any atom is -0.395 e. The smallest absolute Gasteiger partial charge is 0.142 e. The van der Waals surface area contributed by atoms with Crippen LogP contribution in [-0.4, -0.2) is 52.4 Å². The van der Waals surface area contributed by atoms with Crippen LogP contribution in [0.25, 0.3) is 0 Å². The van der Waals surface area contributed by atoms with Gasteiger partial charge in [0.05, 0.1) is 32.4 Å². The van der Waals surface area contributed by atoms with Crippen molar-refractivity contribution in [3.8, 4) is 0 Å². The standard InChI is InChI=1S/C10H15N3O2/c14-7-9-8-15-5-4-13(9)6-10-11-2-1-3-12-10/h1-3,9,14H,4-8H2. The number of ether oxygens (including phenoxy) is 1. The van der Waals surface area contributed by atoms with Gasteiger partial charge in [-0.2, -0.15) is 0 Å². The summed E-state index contributed by atoms with van der Waals surface area (Å²) in [7, 11) is 0. The molecule has 0 saturated carbocycles. The molecule has 1 aromatic rings. The van der Waals surface area contributed by atoms with Crippen molar-refractivity contribution < 1.29 is 9.84 Å². The minimum absolute atomic E-state index is 0.0718. The molecule has 0 amide bonds. The molecule has 1 aromatic heterocycles. The third-order valence-electron chi connectivity index (χ3n) is 2.52. The van der Waals surface area contributed by atoms with Crippen LogP contribution >= 0.6 is 0 Å². The van der Waals surface area contributed by atoms with E-state index in [4.69, 9.17) is 4.74 Å². The molecule has 1 atom stereocenters. The number of nitrogens with zero attached hydrogens (tertiary/aromatic N) is 3. The Labute approximate surface area is 88.7 Å². The fraction of sp³-hybridized carbons (Fsp3) is 0.600. The van der Waals surface area contributed by atoms with E-state index in [1.165, 1.54) is 0 Å². The van der Waals surface area contributed by atoms with Crippen LogP contribution in [0.3, 0.4) is 0 Å². The second kappa shape index (κ2) is 5.16. The van der Waals surface area contributed by atoms with Crippen LogP contribution in [-0.2, 0) is 11.3 Å². The molecule has 82 valence electrons. The third kappa shape index (κ3) is 2.71. The Morgan fingerprint density at radius 3 is 3.00 bits per heavy atom. The number of morpholine rings is 1. The lowest BCUT2D eigenvalue weighted by Crippen LogP contribution is -2.47. The first kappa shape index (κ1) is 10.5. The summed E-state index contributed by atoms with van der Waals surface area (Å²) in [6.07, 6.45) is 3.47. The molecule has 1 aliphatic rings. The molecule has 2 heterocycles. The molecule has 1 N–H and O–H groups in total. The molecular weight excluding hydrogens is 194 g/mol. The highest BCUT2D eigenvalue weighted by molar-refractivity contribution is 4.90. The molecule has 0 spiro atoms. The molecule has 1 saturated heterocycles. The van der Waals surface area contributed by atoms with Crippen LogP contribution in [0.2, 0.25) is 0 Å². The number of aliphatic hydroxyl groups is 1. The van der Waals surface area contributed by atoms with Crippen molar-refractivity contribution in [1.82, 2.24) is 14.9 Å². The molecule has 5 nitrogen and oxygen atoms in total. The number of aliphatic hydroxyl groups excluding tert-OH is 1. The number of hydrogen-bond acceptors (Lipinski definition) is 5. The topological polar surface area (TPSA) is 58.5 Å². The van der Waals surface area contributed by atoms with Gasteiger partial charge in [0.15, 0.2) is 0 Å². The van der Waals surface area contributed by atoms with Gasteiger partial charge in [0.2, 0.25) is 0 Å². The first-order valence-electron chi connectivity index (χ1n) is 5.08.